The molecule has 0 amide bonds. The van der Waals surface area contributed by atoms with Gasteiger partial charge in [0, 0.05) is 12.6 Å². The first-order valence-electron chi connectivity index (χ1n) is 6.44. The van der Waals surface area contributed by atoms with Gasteiger partial charge in [0.15, 0.2) is 0 Å². The van der Waals surface area contributed by atoms with Crippen LogP contribution in [0.25, 0.3) is 0 Å². The summed E-state index contributed by atoms with van der Waals surface area (Å²) >= 11 is 0. The molecule has 0 aromatic rings. The summed E-state index contributed by atoms with van der Waals surface area (Å²) in [6.07, 6.45) is 5.00. The fourth-order valence-corrected chi connectivity index (χ4v) is 2.75. The fourth-order valence-electron chi connectivity index (χ4n) is 2.75. The van der Waals surface area contributed by atoms with E-state index in [9.17, 15) is 4.79 Å². The molecule has 0 bridgehead atoms. The van der Waals surface area contributed by atoms with Crippen LogP contribution in [0.3, 0.4) is 0 Å². The summed E-state index contributed by atoms with van der Waals surface area (Å²) in [6.45, 7) is 4.58. The molecule has 1 rings (SSSR count). The van der Waals surface area contributed by atoms with Gasteiger partial charge in [0.05, 0.1) is 7.11 Å². The average Bonchev–Trinajstić information content (AvgIpc) is 2.27. The molecule has 0 radical (unpaired) electrons. The lowest BCUT2D eigenvalue weighted by molar-refractivity contribution is -0.147. The third-order valence-corrected chi connectivity index (χ3v) is 3.76. The van der Waals surface area contributed by atoms with Crippen LogP contribution >= 0.6 is 0 Å². The van der Waals surface area contributed by atoms with Gasteiger partial charge < -0.3 is 15.4 Å². The first-order chi connectivity index (χ1) is 7.86. The van der Waals surface area contributed by atoms with Crippen LogP contribution in [-0.2, 0) is 9.53 Å². The minimum Gasteiger partial charge on any atom is -0.468 e. The number of carbonyl (C=O) groups excluding carboxylic acids is 1. The van der Waals surface area contributed by atoms with Gasteiger partial charge in [-0.25, -0.2) is 0 Å². The number of methoxy groups -OCH3 is 1. The summed E-state index contributed by atoms with van der Waals surface area (Å²) in [7, 11) is 3.44. The van der Waals surface area contributed by atoms with Gasteiger partial charge in [0.2, 0.25) is 0 Å². The molecule has 3 unspecified atom stereocenters. The summed E-state index contributed by atoms with van der Waals surface area (Å²) in [5.41, 5.74) is 5.08. The normalized spacial score (nSPS) is 28.8. The molecule has 0 heterocycles. The number of nitrogens with two attached hydrogens (primary N) is 1. The lowest BCUT2D eigenvalue weighted by atomic mass is 9.86. The number of hydrogen-bond acceptors (Lipinski definition) is 4. The Morgan fingerprint density at radius 3 is 2.71 bits per heavy atom. The Morgan fingerprint density at radius 1 is 1.53 bits per heavy atom. The largest absolute Gasteiger partial charge is 0.468 e. The Labute approximate surface area is 104 Å². The molecular formula is C13H26N2O2. The third kappa shape index (κ3) is 3.96. The number of nitrogens with zero attached hydrogens (tertiary/aromatic N) is 1. The van der Waals surface area contributed by atoms with E-state index in [2.05, 4.69) is 18.9 Å². The third-order valence-electron chi connectivity index (χ3n) is 3.76. The summed E-state index contributed by atoms with van der Waals surface area (Å²) in [4.78, 5) is 13.8. The highest BCUT2D eigenvalue weighted by atomic mass is 16.5. The van der Waals surface area contributed by atoms with Crippen LogP contribution in [0.5, 0.6) is 0 Å². The maximum Gasteiger partial charge on any atom is 0.326 e. The highest BCUT2D eigenvalue weighted by Crippen LogP contribution is 2.27. The van der Waals surface area contributed by atoms with Gasteiger partial charge in [-0.15, -0.1) is 0 Å². The number of carbonyl (C=O) groups is 1. The SMILES string of the molecule is COC(=O)C(C)(N)CN(C)C1CCCC(C)C1. The predicted octanol–water partition coefficient (Wildman–Crippen LogP) is 1.39. The second-order valence-corrected chi connectivity index (χ2v) is 5.75. The van der Waals surface area contributed by atoms with E-state index in [1.54, 1.807) is 6.92 Å². The van der Waals surface area contributed by atoms with Crippen LogP contribution < -0.4 is 5.73 Å². The quantitative estimate of drug-likeness (QED) is 0.757. The molecule has 100 valence electrons. The lowest BCUT2D eigenvalue weighted by Crippen LogP contribution is -2.55. The van der Waals surface area contributed by atoms with Gasteiger partial charge in [-0.1, -0.05) is 19.8 Å². The van der Waals surface area contributed by atoms with Gasteiger partial charge in [0.1, 0.15) is 5.54 Å². The first kappa shape index (κ1) is 14.5. The van der Waals surface area contributed by atoms with Gasteiger partial charge in [0.25, 0.3) is 0 Å². The number of esters is 1. The Kier molecular flexibility index (Phi) is 4.95. The van der Waals surface area contributed by atoms with Crippen LogP contribution in [0.1, 0.15) is 39.5 Å². The van der Waals surface area contributed by atoms with Crippen LogP contribution in [0.4, 0.5) is 0 Å². The van der Waals surface area contributed by atoms with Crippen LogP contribution in [0.2, 0.25) is 0 Å². The summed E-state index contributed by atoms with van der Waals surface area (Å²) in [6, 6.07) is 0.547. The maximum atomic E-state index is 11.5. The molecule has 1 aliphatic carbocycles. The van der Waals surface area contributed by atoms with Gasteiger partial charge in [-0.2, -0.15) is 0 Å². The average molecular weight is 242 g/mol. The Morgan fingerprint density at radius 2 is 2.18 bits per heavy atom. The molecule has 0 aromatic heterocycles. The molecule has 2 N–H and O–H groups in total. The highest BCUT2D eigenvalue weighted by Gasteiger charge is 2.33. The molecule has 3 atom stereocenters. The first-order valence-corrected chi connectivity index (χ1v) is 6.44. The monoisotopic (exact) mass is 242 g/mol. The molecule has 4 nitrogen and oxygen atoms in total. The highest BCUT2D eigenvalue weighted by molar-refractivity contribution is 5.80. The molecule has 0 saturated heterocycles. The number of ether oxygens (including phenoxy) is 1. The molecule has 1 saturated carbocycles. The van der Waals surface area contributed by atoms with Crippen molar-refractivity contribution >= 4 is 5.97 Å². The van der Waals surface area contributed by atoms with E-state index < -0.39 is 5.54 Å². The number of likely N-dealkylation sites (N-methyl/N-ethyl adjacent to an activating group) is 1. The van der Waals surface area contributed by atoms with E-state index >= 15 is 0 Å². The van der Waals surface area contributed by atoms with Crippen molar-refractivity contribution in [1.29, 1.82) is 0 Å². The van der Waals surface area contributed by atoms with Crippen molar-refractivity contribution < 1.29 is 9.53 Å². The topological polar surface area (TPSA) is 55.6 Å². The zero-order valence-corrected chi connectivity index (χ0v) is 11.5. The van der Waals surface area contributed by atoms with Gasteiger partial charge >= 0.3 is 5.97 Å². The van der Waals surface area contributed by atoms with Gasteiger partial charge in [-0.05, 0) is 32.7 Å². The molecule has 17 heavy (non-hydrogen) atoms. The molecule has 0 aliphatic heterocycles. The van der Waals surface area contributed by atoms with Crippen molar-refractivity contribution in [2.45, 2.75) is 51.1 Å². The number of hydrogen-bond donors (Lipinski definition) is 1. The van der Waals surface area contributed by atoms with Crippen LogP contribution in [0, 0.1) is 5.92 Å². The van der Waals surface area contributed by atoms with E-state index in [0.29, 0.717) is 12.6 Å². The van der Waals surface area contributed by atoms with Crippen LogP contribution in [0.15, 0.2) is 0 Å². The second-order valence-electron chi connectivity index (χ2n) is 5.75. The standard InChI is InChI=1S/C13H26N2O2/c1-10-6-5-7-11(8-10)15(3)9-13(2,14)12(16)17-4/h10-11H,5-9,14H2,1-4H3. The van der Waals surface area contributed by atoms with Crippen molar-refractivity contribution in [2.24, 2.45) is 11.7 Å². The molecule has 4 heteroatoms. The van der Waals surface area contributed by atoms with E-state index in [0.717, 1.165) is 5.92 Å². The molecule has 0 aromatic carbocycles. The molecule has 1 fully saturated rings. The summed E-state index contributed by atoms with van der Waals surface area (Å²) in [5.74, 6) is 0.437. The Balaban J connectivity index is 2.52. The summed E-state index contributed by atoms with van der Waals surface area (Å²) < 4.78 is 4.73. The zero-order chi connectivity index (χ0) is 13.1. The van der Waals surface area contributed by atoms with E-state index in [-0.39, 0.29) is 5.97 Å². The Bertz CT molecular complexity index is 266. The summed E-state index contributed by atoms with van der Waals surface area (Å²) in [5, 5.41) is 0. The van der Waals surface area contributed by atoms with Crippen molar-refractivity contribution in [3.8, 4) is 0 Å². The van der Waals surface area contributed by atoms with Crippen molar-refractivity contribution in [3.05, 3.63) is 0 Å². The van der Waals surface area contributed by atoms with E-state index in [1.165, 1.54) is 32.8 Å². The number of rotatable bonds is 4. The fraction of sp³-hybridized carbons (Fsp3) is 0.923. The van der Waals surface area contributed by atoms with E-state index in [4.69, 9.17) is 10.5 Å². The predicted molar refractivity (Wildman–Crippen MR) is 68.7 cm³/mol. The van der Waals surface area contributed by atoms with Crippen LogP contribution in [-0.4, -0.2) is 43.2 Å². The maximum absolute atomic E-state index is 11.5. The second kappa shape index (κ2) is 5.83. The van der Waals surface area contributed by atoms with Gasteiger partial charge in [-0.3, -0.25) is 4.79 Å². The molecule has 0 spiro atoms. The smallest absolute Gasteiger partial charge is 0.326 e. The molecular weight excluding hydrogens is 216 g/mol. The van der Waals surface area contributed by atoms with Crippen molar-refractivity contribution in [1.82, 2.24) is 4.90 Å². The van der Waals surface area contributed by atoms with E-state index in [1.807, 2.05) is 0 Å². The lowest BCUT2D eigenvalue weighted by Gasteiger charge is -2.37. The molecule has 1 aliphatic rings. The minimum atomic E-state index is -0.913. The van der Waals surface area contributed by atoms with Crippen molar-refractivity contribution in [3.63, 3.8) is 0 Å². The minimum absolute atomic E-state index is 0.340. The van der Waals surface area contributed by atoms with Crippen molar-refractivity contribution in [2.75, 3.05) is 20.7 Å². The zero-order valence-electron chi connectivity index (χ0n) is 11.5. The Hall–Kier alpha value is -0.610.